The summed E-state index contributed by atoms with van der Waals surface area (Å²) in [7, 11) is 0. The Labute approximate surface area is 90.1 Å². The van der Waals surface area contributed by atoms with Crippen molar-refractivity contribution in [3.05, 3.63) is 29.3 Å². The van der Waals surface area contributed by atoms with E-state index in [-0.39, 0.29) is 6.04 Å². The molecule has 0 saturated heterocycles. The lowest BCUT2D eigenvalue weighted by atomic mass is 9.98. The quantitative estimate of drug-likeness (QED) is 0.806. The Bertz CT molecular complexity index is 333. The molecule has 2 atom stereocenters. The Morgan fingerprint density at radius 2 is 2.36 bits per heavy atom. The summed E-state index contributed by atoms with van der Waals surface area (Å²) in [5.41, 5.74) is 8.84. The minimum absolute atomic E-state index is 0.266. The highest BCUT2D eigenvalue weighted by atomic mass is 32.2. The van der Waals surface area contributed by atoms with Gasteiger partial charge in [0.05, 0.1) is 0 Å². The Hall–Kier alpha value is -0.470. The molecule has 0 aromatic heterocycles. The van der Waals surface area contributed by atoms with E-state index in [1.54, 1.807) is 5.56 Å². The van der Waals surface area contributed by atoms with Gasteiger partial charge in [-0.1, -0.05) is 19.1 Å². The minimum Gasteiger partial charge on any atom is -0.328 e. The fraction of sp³-hybridized carbons (Fsp3) is 0.500. The number of rotatable bonds is 2. The molecule has 0 spiro atoms. The number of fused-ring (bicyclic) bond motifs is 1. The van der Waals surface area contributed by atoms with Crippen molar-refractivity contribution in [3.63, 3.8) is 0 Å². The summed E-state index contributed by atoms with van der Waals surface area (Å²) >= 11 is 1.99. The van der Waals surface area contributed by atoms with Gasteiger partial charge in [-0.3, -0.25) is 0 Å². The molecule has 76 valence electrons. The molecule has 2 heteroatoms. The highest BCUT2D eigenvalue weighted by molar-refractivity contribution is 8.00. The fourth-order valence-electron chi connectivity index (χ4n) is 2.04. The Morgan fingerprint density at radius 3 is 3.07 bits per heavy atom. The van der Waals surface area contributed by atoms with Crippen LogP contribution in [0.3, 0.4) is 0 Å². The van der Waals surface area contributed by atoms with Crippen molar-refractivity contribution in [3.8, 4) is 0 Å². The SMILES string of the molecule is CC(N)Cc1cccc2c1CC(C)S2. The normalized spacial score (nSPS) is 22.1. The lowest BCUT2D eigenvalue weighted by Crippen LogP contribution is -2.18. The van der Waals surface area contributed by atoms with E-state index < -0.39 is 0 Å². The largest absolute Gasteiger partial charge is 0.328 e. The second-order valence-corrected chi connectivity index (χ2v) is 5.69. The topological polar surface area (TPSA) is 26.0 Å². The van der Waals surface area contributed by atoms with Gasteiger partial charge in [-0.15, -0.1) is 11.8 Å². The Morgan fingerprint density at radius 1 is 1.57 bits per heavy atom. The van der Waals surface area contributed by atoms with Gasteiger partial charge in [0, 0.05) is 16.2 Å². The average Bonchev–Trinajstić information content (AvgIpc) is 2.45. The first-order valence-corrected chi connectivity index (χ1v) is 6.08. The zero-order chi connectivity index (χ0) is 10.1. The van der Waals surface area contributed by atoms with Gasteiger partial charge in [-0.25, -0.2) is 0 Å². The van der Waals surface area contributed by atoms with Gasteiger partial charge in [0.1, 0.15) is 0 Å². The molecule has 1 aromatic rings. The molecule has 1 heterocycles. The highest BCUT2D eigenvalue weighted by Gasteiger charge is 2.20. The second kappa shape index (κ2) is 3.95. The second-order valence-electron chi connectivity index (χ2n) is 4.21. The molecule has 2 rings (SSSR count). The molecule has 2 N–H and O–H groups in total. The zero-order valence-electron chi connectivity index (χ0n) is 8.79. The molecular formula is C12H17NS. The monoisotopic (exact) mass is 207 g/mol. The summed E-state index contributed by atoms with van der Waals surface area (Å²) < 4.78 is 0. The van der Waals surface area contributed by atoms with Crippen molar-refractivity contribution in [2.75, 3.05) is 0 Å². The average molecular weight is 207 g/mol. The van der Waals surface area contributed by atoms with Crippen molar-refractivity contribution in [1.82, 2.24) is 0 Å². The van der Waals surface area contributed by atoms with Crippen LogP contribution in [0.25, 0.3) is 0 Å². The third kappa shape index (κ3) is 1.96. The van der Waals surface area contributed by atoms with Crippen LogP contribution in [0.2, 0.25) is 0 Å². The fourth-order valence-corrected chi connectivity index (χ4v) is 3.23. The van der Waals surface area contributed by atoms with Crippen LogP contribution in [0, 0.1) is 0 Å². The standard InChI is InChI=1S/C12H17NS/c1-8(13)6-10-4-3-5-12-11(10)7-9(2)14-12/h3-5,8-9H,6-7,13H2,1-2H3. The maximum atomic E-state index is 5.85. The molecule has 0 bridgehead atoms. The molecule has 0 fully saturated rings. The molecule has 1 nitrogen and oxygen atoms in total. The number of benzene rings is 1. The molecule has 0 saturated carbocycles. The van der Waals surface area contributed by atoms with Gasteiger partial charge < -0.3 is 5.73 Å². The smallest absolute Gasteiger partial charge is 0.0110 e. The van der Waals surface area contributed by atoms with E-state index in [1.807, 2.05) is 11.8 Å². The van der Waals surface area contributed by atoms with Crippen LogP contribution >= 0.6 is 11.8 Å². The van der Waals surface area contributed by atoms with Crippen molar-refractivity contribution >= 4 is 11.8 Å². The van der Waals surface area contributed by atoms with Crippen LogP contribution in [0.15, 0.2) is 23.1 Å². The molecule has 2 unspecified atom stereocenters. The first kappa shape index (κ1) is 10.1. The maximum absolute atomic E-state index is 5.85. The van der Waals surface area contributed by atoms with Gasteiger partial charge in [0.15, 0.2) is 0 Å². The summed E-state index contributed by atoms with van der Waals surface area (Å²) in [6.07, 6.45) is 2.22. The lowest BCUT2D eigenvalue weighted by molar-refractivity contribution is 0.728. The molecular weight excluding hydrogens is 190 g/mol. The van der Waals surface area contributed by atoms with Crippen molar-refractivity contribution in [2.24, 2.45) is 5.73 Å². The van der Waals surface area contributed by atoms with Gasteiger partial charge in [0.25, 0.3) is 0 Å². The molecule has 1 aliphatic rings. The van der Waals surface area contributed by atoms with Crippen molar-refractivity contribution < 1.29 is 0 Å². The van der Waals surface area contributed by atoms with Crippen molar-refractivity contribution in [1.29, 1.82) is 0 Å². The van der Waals surface area contributed by atoms with Gasteiger partial charge >= 0.3 is 0 Å². The van der Waals surface area contributed by atoms with E-state index in [4.69, 9.17) is 5.73 Å². The zero-order valence-corrected chi connectivity index (χ0v) is 9.60. The van der Waals surface area contributed by atoms with E-state index in [9.17, 15) is 0 Å². The summed E-state index contributed by atoms with van der Waals surface area (Å²) in [5, 5.41) is 0.735. The summed E-state index contributed by atoms with van der Waals surface area (Å²) in [6.45, 7) is 4.37. The lowest BCUT2D eigenvalue weighted by Gasteiger charge is -2.09. The molecule has 0 amide bonds. The molecule has 1 aromatic carbocycles. The number of nitrogens with two attached hydrogens (primary N) is 1. The molecule has 1 aliphatic heterocycles. The molecule has 14 heavy (non-hydrogen) atoms. The summed E-state index contributed by atoms with van der Waals surface area (Å²) in [5.74, 6) is 0. The third-order valence-corrected chi connectivity index (χ3v) is 3.80. The Balaban J connectivity index is 2.30. The predicted octanol–water partition coefficient (Wildman–Crippen LogP) is 2.61. The number of thioether (sulfide) groups is 1. The highest BCUT2D eigenvalue weighted by Crippen LogP contribution is 2.38. The summed E-state index contributed by atoms with van der Waals surface area (Å²) in [4.78, 5) is 1.47. The Kier molecular flexibility index (Phi) is 2.84. The molecule has 0 aliphatic carbocycles. The van der Waals surface area contributed by atoms with Crippen molar-refractivity contribution in [2.45, 2.75) is 42.9 Å². The van der Waals surface area contributed by atoms with Crippen LogP contribution in [0.4, 0.5) is 0 Å². The van der Waals surface area contributed by atoms with Crippen LogP contribution in [0.1, 0.15) is 25.0 Å². The number of hydrogen-bond donors (Lipinski definition) is 1. The third-order valence-electron chi connectivity index (χ3n) is 2.59. The van der Waals surface area contributed by atoms with Crippen LogP contribution in [-0.2, 0) is 12.8 Å². The van der Waals surface area contributed by atoms with E-state index in [0.29, 0.717) is 0 Å². The van der Waals surface area contributed by atoms with E-state index in [2.05, 4.69) is 32.0 Å². The summed E-state index contributed by atoms with van der Waals surface area (Å²) in [6, 6.07) is 6.87. The molecule has 0 radical (unpaired) electrons. The van der Waals surface area contributed by atoms with Crippen LogP contribution in [-0.4, -0.2) is 11.3 Å². The predicted molar refractivity (Wildman–Crippen MR) is 62.8 cm³/mol. The minimum atomic E-state index is 0.266. The van der Waals surface area contributed by atoms with Gasteiger partial charge in [-0.2, -0.15) is 0 Å². The van der Waals surface area contributed by atoms with E-state index >= 15 is 0 Å². The van der Waals surface area contributed by atoms with Crippen LogP contribution < -0.4 is 5.73 Å². The first-order chi connectivity index (χ1) is 6.66. The van der Waals surface area contributed by atoms with Crippen LogP contribution in [0.5, 0.6) is 0 Å². The van der Waals surface area contributed by atoms with Gasteiger partial charge in [0.2, 0.25) is 0 Å². The van der Waals surface area contributed by atoms with E-state index in [0.717, 1.165) is 11.7 Å². The number of hydrogen-bond acceptors (Lipinski definition) is 2. The maximum Gasteiger partial charge on any atom is 0.0110 e. The van der Waals surface area contributed by atoms with E-state index in [1.165, 1.54) is 16.9 Å². The van der Waals surface area contributed by atoms with Gasteiger partial charge in [-0.05, 0) is 37.0 Å². The first-order valence-electron chi connectivity index (χ1n) is 5.20.